The van der Waals surface area contributed by atoms with E-state index in [0.29, 0.717) is 5.39 Å². The number of nitro benzene ring substituents is 1. The highest BCUT2D eigenvalue weighted by Gasteiger charge is 2.11. The summed E-state index contributed by atoms with van der Waals surface area (Å²) in [5.41, 5.74) is -0.0283. The normalized spacial score (nSPS) is 11.1. The van der Waals surface area contributed by atoms with Gasteiger partial charge in [-0.1, -0.05) is 30.3 Å². The molecule has 0 amide bonds. The smallest absolute Gasteiger partial charge is 0.271 e. The second-order valence-electron chi connectivity index (χ2n) is 4.78. The molecule has 3 aromatic carbocycles. The average Bonchev–Trinajstić information content (AvgIpc) is 2.55. The fourth-order valence-corrected chi connectivity index (χ4v) is 2.16. The van der Waals surface area contributed by atoms with Crippen molar-refractivity contribution in [3.8, 4) is 11.5 Å². The molecule has 7 heteroatoms. The van der Waals surface area contributed by atoms with Gasteiger partial charge in [-0.2, -0.15) is 0 Å². The van der Waals surface area contributed by atoms with Crippen molar-refractivity contribution in [1.82, 2.24) is 0 Å². The number of nitro groups is 1. The summed E-state index contributed by atoms with van der Waals surface area (Å²) < 4.78 is 0. The van der Waals surface area contributed by atoms with Crippen molar-refractivity contribution in [3.63, 3.8) is 0 Å². The van der Waals surface area contributed by atoms with Gasteiger partial charge in [0.25, 0.3) is 5.69 Å². The summed E-state index contributed by atoms with van der Waals surface area (Å²) in [6, 6.07) is 14.0. The molecule has 0 atom stereocenters. The first-order valence-corrected chi connectivity index (χ1v) is 6.66. The van der Waals surface area contributed by atoms with Gasteiger partial charge in [0.05, 0.1) is 4.92 Å². The SMILES string of the molecule is O=[N+]([O-])c1ccc(O)c(N=Nc2c(O)ccc3ccccc23)c1. The minimum atomic E-state index is -0.589. The minimum Gasteiger partial charge on any atom is -0.506 e. The van der Waals surface area contributed by atoms with Crippen LogP contribution in [0.2, 0.25) is 0 Å². The summed E-state index contributed by atoms with van der Waals surface area (Å²) in [6.45, 7) is 0. The summed E-state index contributed by atoms with van der Waals surface area (Å²) >= 11 is 0. The van der Waals surface area contributed by atoms with E-state index in [1.54, 1.807) is 18.2 Å². The van der Waals surface area contributed by atoms with Crippen LogP contribution in [0.25, 0.3) is 10.8 Å². The van der Waals surface area contributed by atoms with E-state index in [9.17, 15) is 20.3 Å². The first kappa shape index (κ1) is 14.5. The van der Waals surface area contributed by atoms with Crippen molar-refractivity contribution in [2.24, 2.45) is 10.2 Å². The number of rotatable bonds is 3. The van der Waals surface area contributed by atoms with Crippen LogP contribution in [-0.4, -0.2) is 15.1 Å². The van der Waals surface area contributed by atoms with Gasteiger partial charge in [0.15, 0.2) is 0 Å². The van der Waals surface area contributed by atoms with E-state index in [4.69, 9.17) is 0 Å². The lowest BCUT2D eigenvalue weighted by molar-refractivity contribution is -0.384. The van der Waals surface area contributed by atoms with E-state index < -0.39 is 4.92 Å². The Kier molecular flexibility index (Phi) is 3.60. The Morgan fingerprint density at radius 2 is 1.65 bits per heavy atom. The third-order valence-electron chi connectivity index (χ3n) is 3.31. The number of non-ortho nitro benzene ring substituents is 1. The van der Waals surface area contributed by atoms with Gasteiger partial charge < -0.3 is 10.2 Å². The second kappa shape index (κ2) is 5.72. The number of nitrogens with zero attached hydrogens (tertiary/aromatic N) is 3. The molecular weight excluding hydrogens is 298 g/mol. The maximum Gasteiger partial charge on any atom is 0.271 e. The van der Waals surface area contributed by atoms with Crippen LogP contribution >= 0.6 is 0 Å². The Hall–Kier alpha value is -3.48. The fraction of sp³-hybridized carbons (Fsp3) is 0. The molecule has 23 heavy (non-hydrogen) atoms. The van der Waals surface area contributed by atoms with Gasteiger partial charge >= 0.3 is 0 Å². The predicted octanol–water partition coefficient (Wildman–Crippen LogP) is 4.57. The Balaban J connectivity index is 2.09. The molecule has 0 fully saturated rings. The zero-order chi connectivity index (χ0) is 16.4. The van der Waals surface area contributed by atoms with Crippen molar-refractivity contribution in [1.29, 1.82) is 0 Å². The molecule has 0 aliphatic carbocycles. The van der Waals surface area contributed by atoms with Crippen molar-refractivity contribution >= 4 is 27.8 Å². The number of aromatic hydroxyl groups is 2. The zero-order valence-corrected chi connectivity index (χ0v) is 11.7. The largest absolute Gasteiger partial charge is 0.506 e. The van der Waals surface area contributed by atoms with Gasteiger partial charge in [0, 0.05) is 17.5 Å². The van der Waals surface area contributed by atoms with Gasteiger partial charge in [-0.3, -0.25) is 10.1 Å². The van der Waals surface area contributed by atoms with E-state index in [-0.39, 0.29) is 28.6 Å². The molecule has 0 saturated carbocycles. The van der Waals surface area contributed by atoms with Crippen molar-refractivity contribution < 1.29 is 15.1 Å². The van der Waals surface area contributed by atoms with Gasteiger partial charge in [-0.25, -0.2) is 0 Å². The summed E-state index contributed by atoms with van der Waals surface area (Å²) in [5, 5.41) is 39.8. The summed E-state index contributed by atoms with van der Waals surface area (Å²) in [6.07, 6.45) is 0. The van der Waals surface area contributed by atoms with Gasteiger partial charge in [-0.05, 0) is 17.5 Å². The number of benzene rings is 3. The number of phenols is 2. The van der Waals surface area contributed by atoms with E-state index in [0.717, 1.165) is 11.5 Å². The molecule has 0 spiro atoms. The van der Waals surface area contributed by atoms with Gasteiger partial charge in [-0.15, -0.1) is 10.2 Å². The molecule has 3 aromatic rings. The van der Waals surface area contributed by atoms with Crippen LogP contribution in [-0.2, 0) is 0 Å². The molecule has 0 unspecified atom stereocenters. The first-order chi connectivity index (χ1) is 11.1. The molecule has 0 saturated heterocycles. The zero-order valence-electron chi connectivity index (χ0n) is 11.7. The highest BCUT2D eigenvalue weighted by molar-refractivity contribution is 5.95. The van der Waals surface area contributed by atoms with Crippen molar-refractivity contribution in [2.75, 3.05) is 0 Å². The predicted molar refractivity (Wildman–Crippen MR) is 84.6 cm³/mol. The van der Waals surface area contributed by atoms with Gasteiger partial charge in [0.1, 0.15) is 22.9 Å². The molecule has 0 aliphatic rings. The highest BCUT2D eigenvalue weighted by atomic mass is 16.6. The monoisotopic (exact) mass is 309 g/mol. The minimum absolute atomic E-state index is 0.0495. The lowest BCUT2D eigenvalue weighted by Crippen LogP contribution is -1.86. The Labute approximate surface area is 130 Å². The van der Waals surface area contributed by atoms with Crippen LogP contribution < -0.4 is 0 Å². The lowest BCUT2D eigenvalue weighted by Gasteiger charge is -2.04. The van der Waals surface area contributed by atoms with Crippen molar-refractivity contribution in [2.45, 2.75) is 0 Å². The fourth-order valence-electron chi connectivity index (χ4n) is 2.16. The molecule has 0 bridgehead atoms. The third-order valence-corrected chi connectivity index (χ3v) is 3.31. The molecule has 3 rings (SSSR count). The standard InChI is InChI=1S/C16H11N3O4/c20-14-8-6-11(19(22)23)9-13(14)17-18-16-12-4-2-1-3-10(12)5-7-15(16)21/h1-9,20-21H. The first-order valence-electron chi connectivity index (χ1n) is 6.66. The third kappa shape index (κ3) is 2.80. The summed E-state index contributed by atoms with van der Waals surface area (Å²) in [4.78, 5) is 10.2. The van der Waals surface area contributed by atoms with Crippen LogP contribution in [0.5, 0.6) is 11.5 Å². The average molecular weight is 309 g/mol. The topological polar surface area (TPSA) is 108 Å². The van der Waals surface area contributed by atoms with E-state index in [2.05, 4.69) is 10.2 Å². The number of hydrogen-bond acceptors (Lipinski definition) is 6. The number of fused-ring (bicyclic) bond motifs is 1. The molecule has 0 aliphatic heterocycles. The van der Waals surface area contributed by atoms with E-state index in [1.807, 2.05) is 12.1 Å². The van der Waals surface area contributed by atoms with Gasteiger partial charge in [0.2, 0.25) is 0 Å². The van der Waals surface area contributed by atoms with Crippen LogP contribution in [0, 0.1) is 10.1 Å². The highest BCUT2D eigenvalue weighted by Crippen LogP contribution is 2.37. The Bertz CT molecular complexity index is 938. The molecule has 7 nitrogen and oxygen atoms in total. The quantitative estimate of drug-likeness (QED) is 0.419. The maximum absolute atomic E-state index is 10.8. The molecule has 0 heterocycles. The Morgan fingerprint density at radius 1 is 0.913 bits per heavy atom. The van der Waals surface area contributed by atoms with E-state index >= 15 is 0 Å². The van der Waals surface area contributed by atoms with Crippen LogP contribution in [0.4, 0.5) is 17.1 Å². The van der Waals surface area contributed by atoms with Crippen molar-refractivity contribution in [3.05, 3.63) is 64.7 Å². The van der Waals surface area contributed by atoms with E-state index in [1.165, 1.54) is 18.2 Å². The molecular formula is C16H11N3O4. The Morgan fingerprint density at radius 3 is 2.43 bits per heavy atom. The van der Waals surface area contributed by atoms with Crippen LogP contribution in [0.15, 0.2) is 64.8 Å². The molecule has 114 valence electrons. The van der Waals surface area contributed by atoms with Crippen LogP contribution in [0.3, 0.4) is 0 Å². The molecule has 0 aromatic heterocycles. The molecule has 2 N–H and O–H groups in total. The molecule has 0 radical (unpaired) electrons. The summed E-state index contributed by atoms with van der Waals surface area (Å²) in [5.74, 6) is -0.309. The lowest BCUT2D eigenvalue weighted by atomic mass is 10.1. The summed E-state index contributed by atoms with van der Waals surface area (Å²) in [7, 11) is 0. The number of phenolic OH excluding ortho intramolecular Hbond substituents is 2. The number of azo groups is 1. The van der Waals surface area contributed by atoms with Crippen LogP contribution in [0.1, 0.15) is 0 Å². The second-order valence-corrected chi connectivity index (χ2v) is 4.78. The number of hydrogen-bond donors (Lipinski definition) is 2. The maximum atomic E-state index is 10.8.